The summed E-state index contributed by atoms with van der Waals surface area (Å²) in [7, 11) is 0. The van der Waals surface area contributed by atoms with Gasteiger partial charge < -0.3 is 15.8 Å². The second-order valence-corrected chi connectivity index (χ2v) is 7.02. The van der Waals surface area contributed by atoms with Crippen LogP contribution in [0.3, 0.4) is 0 Å². The number of hydrogen-bond acceptors (Lipinski definition) is 5. The van der Waals surface area contributed by atoms with Crippen LogP contribution in [-0.2, 0) is 4.79 Å². The molecule has 1 aliphatic rings. The van der Waals surface area contributed by atoms with Gasteiger partial charge in [-0.05, 0) is 44.2 Å². The molecule has 8 heteroatoms. The van der Waals surface area contributed by atoms with Gasteiger partial charge in [0.15, 0.2) is 5.82 Å². The first kappa shape index (κ1) is 19.0. The van der Waals surface area contributed by atoms with Gasteiger partial charge in [-0.1, -0.05) is 29.8 Å². The third-order valence-corrected chi connectivity index (χ3v) is 5.09. The van der Waals surface area contributed by atoms with Gasteiger partial charge in [0.05, 0.1) is 12.2 Å². The summed E-state index contributed by atoms with van der Waals surface area (Å²) in [4.78, 5) is 16.9. The number of nitrogens with one attached hydrogen (secondary N) is 1. The second-order valence-electron chi connectivity index (χ2n) is 6.61. The van der Waals surface area contributed by atoms with E-state index in [2.05, 4.69) is 15.4 Å². The Morgan fingerprint density at radius 2 is 1.97 bits per heavy atom. The van der Waals surface area contributed by atoms with Crippen molar-refractivity contribution in [3.05, 3.63) is 70.4 Å². The molecule has 0 radical (unpaired) electrons. The summed E-state index contributed by atoms with van der Waals surface area (Å²) in [5, 5.41) is 8.32. The van der Waals surface area contributed by atoms with Gasteiger partial charge in [0.2, 0.25) is 11.9 Å². The van der Waals surface area contributed by atoms with Crippen molar-refractivity contribution in [1.29, 1.82) is 0 Å². The number of ether oxygens (including phenoxy) is 1. The topological polar surface area (TPSA) is 95.1 Å². The zero-order valence-corrected chi connectivity index (χ0v) is 16.8. The van der Waals surface area contributed by atoms with E-state index >= 15 is 0 Å². The number of carbonyl (C=O) groups excluding carboxylic acids is 1. The summed E-state index contributed by atoms with van der Waals surface area (Å²) >= 11 is 6.44. The van der Waals surface area contributed by atoms with Gasteiger partial charge >= 0.3 is 0 Å². The SMILES string of the molecule is CCOc1ccc(-c2nc3n(n2)[C@H](c2ccccc2Cl)C(C(N)=O)=C(C)N3)cc1. The summed E-state index contributed by atoms with van der Waals surface area (Å²) < 4.78 is 7.14. The molecule has 3 N–H and O–H groups in total. The number of nitrogens with zero attached hydrogens (tertiary/aromatic N) is 3. The zero-order chi connectivity index (χ0) is 20.5. The maximum Gasteiger partial charge on any atom is 0.248 e. The van der Waals surface area contributed by atoms with Crippen molar-refractivity contribution >= 4 is 23.5 Å². The zero-order valence-electron chi connectivity index (χ0n) is 16.0. The van der Waals surface area contributed by atoms with Gasteiger partial charge in [-0.15, -0.1) is 5.10 Å². The Bertz CT molecular complexity index is 1100. The number of nitrogens with two attached hydrogens (primary N) is 1. The van der Waals surface area contributed by atoms with Crippen molar-refractivity contribution in [1.82, 2.24) is 14.8 Å². The average Bonchev–Trinajstić information content (AvgIpc) is 3.11. The molecule has 0 fully saturated rings. The minimum absolute atomic E-state index is 0.397. The van der Waals surface area contributed by atoms with Crippen molar-refractivity contribution in [2.45, 2.75) is 19.9 Å². The highest BCUT2D eigenvalue weighted by atomic mass is 35.5. The van der Waals surface area contributed by atoms with Gasteiger partial charge in [-0.2, -0.15) is 4.98 Å². The van der Waals surface area contributed by atoms with Crippen molar-refractivity contribution < 1.29 is 9.53 Å². The lowest BCUT2D eigenvalue weighted by atomic mass is 9.95. The first-order valence-corrected chi connectivity index (χ1v) is 9.59. The van der Waals surface area contributed by atoms with E-state index in [1.165, 1.54) is 0 Å². The smallest absolute Gasteiger partial charge is 0.248 e. The molecule has 1 aromatic heterocycles. The number of fused-ring (bicyclic) bond motifs is 1. The highest BCUT2D eigenvalue weighted by Gasteiger charge is 2.34. The third-order valence-electron chi connectivity index (χ3n) is 4.74. The van der Waals surface area contributed by atoms with Gasteiger partial charge in [0.25, 0.3) is 0 Å². The summed E-state index contributed by atoms with van der Waals surface area (Å²) in [6, 6.07) is 14.3. The normalized spacial score (nSPS) is 15.6. The van der Waals surface area contributed by atoms with E-state index in [-0.39, 0.29) is 0 Å². The summed E-state index contributed by atoms with van der Waals surface area (Å²) in [5.41, 5.74) is 8.28. The monoisotopic (exact) mass is 409 g/mol. The number of carbonyl (C=O) groups is 1. The number of allylic oxidation sites excluding steroid dienone is 1. The Hall–Kier alpha value is -3.32. The summed E-state index contributed by atoms with van der Waals surface area (Å²) in [6.45, 7) is 4.32. The Balaban J connectivity index is 1.82. The summed E-state index contributed by atoms with van der Waals surface area (Å²) in [5.74, 6) is 1.27. The molecule has 29 heavy (non-hydrogen) atoms. The van der Waals surface area contributed by atoms with Gasteiger partial charge in [0.1, 0.15) is 11.8 Å². The Morgan fingerprint density at radius 3 is 2.62 bits per heavy atom. The first-order valence-electron chi connectivity index (χ1n) is 9.21. The van der Waals surface area contributed by atoms with E-state index < -0.39 is 11.9 Å². The molecule has 7 nitrogen and oxygen atoms in total. The van der Waals surface area contributed by atoms with E-state index in [1.54, 1.807) is 17.7 Å². The fourth-order valence-electron chi connectivity index (χ4n) is 3.44. The molecule has 0 saturated heterocycles. The number of benzene rings is 2. The van der Waals surface area contributed by atoms with E-state index in [1.807, 2.05) is 49.4 Å². The van der Waals surface area contributed by atoms with Gasteiger partial charge in [-0.3, -0.25) is 4.79 Å². The molecule has 148 valence electrons. The van der Waals surface area contributed by atoms with Crippen LogP contribution in [0.15, 0.2) is 59.8 Å². The maximum atomic E-state index is 12.3. The lowest BCUT2D eigenvalue weighted by Crippen LogP contribution is -2.32. The second kappa shape index (κ2) is 7.60. The molecule has 0 spiro atoms. The van der Waals surface area contributed by atoms with Gasteiger partial charge in [0, 0.05) is 21.8 Å². The molecule has 4 rings (SSSR count). The average molecular weight is 410 g/mol. The predicted octanol–water partition coefficient (Wildman–Crippen LogP) is 3.77. The van der Waals surface area contributed by atoms with Crippen LogP contribution >= 0.6 is 11.6 Å². The van der Waals surface area contributed by atoms with Crippen LogP contribution in [0.5, 0.6) is 5.75 Å². The Morgan fingerprint density at radius 1 is 1.24 bits per heavy atom. The minimum atomic E-state index is -0.568. The number of anilines is 1. The number of halogens is 1. The maximum absolute atomic E-state index is 12.3. The number of amides is 1. The first-order chi connectivity index (χ1) is 14.0. The molecule has 1 atom stereocenters. The van der Waals surface area contributed by atoms with Crippen LogP contribution in [-0.4, -0.2) is 27.3 Å². The number of primary amides is 1. The molecule has 1 amide bonds. The van der Waals surface area contributed by atoms with Crippen LogP contribution in [0.25, 0.3) is 11.4 Å². The van der Waals surface area contributed by atoms with E-state index in [9.17, 15) is 4.79 Å². The van der Waals surface area contributed by atoms with E-state index in [0.717, 1.165) is 16.9 Å². The molecule has 2 aromatic carbocycles. The molecule has 3 aromatic rings. The van der Waals surface area contributed by atoms with Crippen molar-refractivity contribution in [3.63, 3.8) is 0 Å². The molecule has 0 saturated carbocycles. The van der Waals surface area contributed by atoms with Crippen molar-refractivity contribution in [3.8, 4) is 17.1 Å². The Labute approximate surface area is 173 Å². The minimum Gasteiger partial charge on any atom is -0.494 e. The molecular formula is C21H20ClN5O2. The fourth-order valence-corrected chi connectivity index (χ4v) is 3.68. The van der Waals surface area contributed by atoms with Crippen molar-refractivity contribution in [2.75, 3.05) is 11.9 Å². The molecule has 0 aliphatic carbocycles. The standard InChI is InChI=1S/C21H20ClN5O2/c1-3-29-14-10-8-13(9-11-14)20-25-21-24-12(2)17(19(23)28)18(27(21)26-20)15-6-4-5-7-16(15)22/h4-11,18H,3H2,1-2H3,(H2,23,28)(H,24,25,26)/t18-/m1/s1. The van der Waals surface area contributed by atoms with E-state index in [4.69, 9.17) is 22.1 Å². The number of aromatic nitrogens is 3. The lowest BCUT2D eigenvalue weighted by Gasteiger charge is -2.28. The lowest BCUT2D eigenvalue weighted by molar-refractivity contribution is -0.115. The highest BCUT2D eigenvalue weighted by molar-refractivity contribution is 6.31. The van der Waals surface area contributed by atoms with Crippen molar-refractivity contribution in [2.24, 2.45) is 5.73 Å². The molecule has 2 heterocycles. The quantitative estimate of drug-likeness (QED) is 0.668. The molecule has 0 bridgehead atoms. The highest BCUT2D eigenvalue weighted by Crippen LogP contribution is 2.38. The fraction of sp³-hybridized carbons (Fsp3) is 0.190. The predicted molar refractivity (Wildman–Crippen MR) is 112 cm³/mol. The molecule has 1 aliphatic heterocycles. The number of rotatable bonds is 5. The van der Waals surface area contributed by atoms with Gasteiger partial charge in [-0.25, -0.2) is 4.68 Å². The molecular weight excluding hydrogens is 390 g/mol. The summed E-state index contributed by atoms with van der Waals surface area (Å²) in [6.07, 6.45) is 0. The molecule has 0 unspecified atom stereocenters. The third kappa shape index (κ3) is 3.45. The van der Waals surface area contributed by atoms with Crippen LogP contribution in [0, 0.1) is 0 Å². The van der Waals surface area contributed by atoms with Crippen LogP contribution in [0.4, 0.5) is 5.95 Å². The van der Waals surface area contributed by atoms with E-state index in [0.29, 0.717) is 34.7 Å². The van der Waals surface area contributed by atoms with Crippen LogP contribution in [0.2, 0.25) is 5.02 Å². The largest absolute Gasteiger partial charge is 0.494 e. The number of hydrogen-bond donors (Lipinski definition) is 2. The van der Waals surface area contributed by atoms with Crippen LogP contribution < -0.4 is 15.8 Å². The van der Waals surface area contributed by atoms with Crippen LogP contribution in [0.1, 0.15) is 25.5 Å². The Kier molecular flexibility index (Phi) is 4.98.